The van der Waals surface area contributed by atoms with E-state index in [0.29, 0.717) is 24.9 Å². The van der Waals surface area contributed by atoms with Gasteiger partial charge < -0.3 is 19.8 Å². The molecule has 27 heavy (non-hydrogen) atoms. The molecule has 0 aliphatic rings. The van der Waals surface area contributed by atoms with Crippen LogP contribution in [0.5, 0.6) is 5.75 Å². The van der Waals surface area contributed by atoms with Crippen molar-refractivity contribution in [1.82, 2.24) is 15.6 Å². The van der Waals surface area contributed by atoms with Crippen molar-refractivity contribution in [2.45, 2.75) is 26.9 Å². The van der Waals surface area contributed by atoms with Crippen molar-refractivity contribution < 1.29 is 9.15 Å². The first-order valence-corrected chi connectivity index (χ1v) is 9.51. The molecule has 2 heterocycles. The highest BCUT2D eigenvalue weighted by Gasteiger charge is 2.08. The maximum atomic E-state index is 5.58. The van der Waals surface area contributed by atoms with E-state index in [1.807, 2.05) is 26.0 Å². The molecule has 2 N–H and O–H groups in total. The Kier molecular flexibility index (Phi) is 6.13. The van der Waals surface area contributed by atoms with E-state index in [-0.39, 0.29) is 0 Å². The zero-order valence-corrected chi connectivity index (χ0v) is 16.8. The smallest absolute Gasteiger partial charge is 0.214 e. The van der Waals surface area contributed by atoms with Crippen LogP contribution in [0.2, 0.25) is 0 Å². The molecule has 3 aromatic rings. The van der Waals surface area contributed by atoms with E-state index in [4.69, 9.17) is 9.15 Å². The van der Waals surface area contributed by atoms with Gasteiger partial charge in [-0.1, -0.05) is 0 Å². The van der Waals surface area contributed by atoms with Gasteiger partial charge in [0.15, 0.2) is 5.96 Å². The van der Waals surface area contributed by atoms with Gasteiger partial charge in [-0.2, -0.15) is 0 Å². The lowest BCUT2D eigenvalue weighted by Crippen LogP contribution is -2.36. The van der Waals surface area contributed by atoms with Crippen LogP contribution in [0.15, 0.2) is 45.8 Å². The molecule has 0 unspecified atom stereocenters. The number of thiophene rings is 1. The first kappa shape index (κ1) is 19.0. The largest absolute Gasteiger partial charge is 0.497 e. The summed E-state index contributed by atoms with van der Waals surface area (Å²) in [5, 5.41) is 6.54. The number of benzene rings is 1. The minimum Gasteiger partial charge on any atom is -0.497 e. The zero-order valence-electron chi connectivity index (χ0n) is 16.0. The fourth-order valence-electron chi connectivity index (χ4n) is 2.55. The molecular weight excluding hydrogens is 360 g/mol. The van der Waals surface area contributed by atoms with Crippen LogP contribution in [0.1, 0.15) is 22.2 Å². The van der Waals surface area contributed by atoms with E-state index in [1.165, 1.54) is 15.3 Å². The molecule has 1 aromatic carbocycles. The lowest BCUT2D eigenvalue weighted by atomic mass is 10.2. The lowest BCUT2D eigenvalue weighted by molar-refractivity contribution is 0.415. The number of aryl methyl sites for hydroxylation is 2. The summed E-state index contributed by atoms with van der Waals surface area (Å²) in [6, 6.07) is 12.4. The van der Waals surface area contributed by atoms with Crippen molar-refractivity contribution in [2.75, 3.05) is 14.2 Å². The summed E-state index contributed by atoms with van der Waals surface area (Å²) in [5.41, 5.74) is 2.10. The van der Waals surface area contributed by atoms with Gasteiger partial charge in [0, 0.05) is 16.8 Å². The van der Waals surface area contributed by atoms with Crippen LogP contribution in [0.3, 0.4) is 0 Å². The van der Waals surface area contributed by atoms with Gasteiger partial charge in [-0.05, 0) is 55.8 Å². The quantitative estimate of drug-likeness (QED) is 0.498. The predicted octanol–water partition coefficient (Wildman–Crippen LogP) is 3.89. The maximum absolute atomic E-state index is 5.58. The van der Waals surface area contributed by atoms with Gasteiger partial charge in [0.25, 0.3) is 0 Å². The topological polar surface area (TPSA) is 71.7 Å². The Hall–Kier alpha value is -2.80. The molecule has 0 radical (unpaired) electrons. The minimum absolute atomic E-state index is 0.496. The molecule has 0 aliphatic heterocycles. The SMILES string of the molecule is CN=C(NCc1nc(C)c(C)o1)NCc1ccc(-c2ccc(OC)cc2)s1. The number of methoxy groups -OCH3 is 1. The monoisotopic (exact) mass is 384 g/mol. The molecular formula is C20H24N4O2S. The van der Waals surface area contributed by atoms with Gasteiger partial charge >= 0.3 is 0 Å². The number of aromatic nitrogens is 1. The van der Waals surface area contributed by atoms with E-state index in [9.17, 15) is 0 Å². The Morgan fingerprint density at radius 3 is 2.48 bits per heavy atom. The molecule has 2 aromatic heterocycles. The third kappa shape index (κ3) is 4.89. The number of guanidine groups is 1. The summed E-state index contributed by atoms with van der Waals surface area (Å²) in [6.45, 7) is 5.04. The first-order valence-electron chi connectivity index (χ1n) is 8.69. The van der Waals surface area contributed by atoms with Crippen molar-refractivity contribution in [2.24, 2.45) is 4.99 Å². The standard InChI is InChI=1S/C20H24N4O2S/c1-13-14(2)26-19(24-13)12-23-20(21-3)22-11-17-9-10-18(27-17)15-5-7-16(25-4)8-6-15/h5-10H,11-12H2,1-4H3,(H2,21,22,23). The first-order chi connectivity index (χ1) is 13.1. The molecule has 0 atom stereocenters. The molecule has 0 spiro atoms. The predicted molar refractivity (Wildman–Crippen MR) is 109 cm³/mol. The average molecular weight is 385 g/mol. The van der Waals surface area contributed by atoms with Crippen LogP contribution in [0.4, 0.5) is 0 Å². The Morgan fingerprint density at radius 1 is 1.11 bits per heavy atom. The second kappa shape index (κ2) is 8.73. The van der Waals surface area contributed by atoms with Crippen LogP contribution in [0, 0.1) is 13.8 Å². The molecule has 0 saturated heterocycles. The minimum atomic E-state index is 0.496. The summed E-state index contributed by atoms with van der Waals surface area (Å²) in [4.78, 5) is 11.1. The van der Waals surface area contributed by atoms with E-state index in [1.54, 1.807) is 25.5 Å². The summed E-state index contributed by atoms with van der Waals surface area (Å²) >= 11 is 1.75. The molecule has 0 aliphatic carbocycles. The summed E-state index contributed by atoms with van der Waals surface area (Å²) < 4.78 is 10.8. The molecule has 6 nitrogen and oxygen atoms in total. The Bertz CT molecular complexity index is 893. The second-order valence-electron chi connectivity index (χ2n) is 6.02. The fourth-order valence-corrected chi connectivity index (χ4v) is 3.50. The van der Waals surface area contributed by atoms with Crippen LogP contribution in [-0.2, 0) is 13.1 Å². The van der Waals surface area contributed by atoms with Crippen LogP contribution in [0.25, 0.3) is 10.4 Å². The highest BCUT2D eigenvalue weighted by molar-refractivity contribution is 7.15. The number of nitrogens with one attached hydrogen (secondary N) is 2. The van der Waals surface area contributed by atoms with Gasteiger partial charge in [0.05, 0.1) is 25.9 Å². The molecule has 0 bridgehead atoms. The van der Waals surface area contributed by atoms with E-state index in [2.05, 4.69) is 44.9 Å². The summed E-state index contributed by atoms with van der Waals surface area (Å²) in [5.74, 6) is 3.08. The highest BCUT2D eigenvalue weighted by atomic mass is 32.1. The average Bonchev–Trinajstić information content (AvgIpc) is 3.29. The molecule has 0 fully saturated rings. The number of ether oxygens (including phenoxy) is 1. The third-order valence-electron chi connectivity index (χ3n) is 4.17. The molecule has 0 saturated carbocycles. The second-order valence-corrected chi connectivity index (χ2v) is 7.19. The van der Waals surface area contributed by atoms with Gasteiger partial charge in [-0.15, -0.1) is 11.3 Å². The lowest BCUT2D eigenvalue weighted by Gasteiger charge is -2.09. The van der Waals surface area contributed by atoms with Crippen molar-refractivity contribution >= 4 is 17.3 Å². The molecule has 0 amide bonds. The van der Waals surface area contributed by atoms with Gasteiger partial charge in [-0.25, -0.2) is 4.98 Å². The van der Waals surface area contributed by atoms with Crippen molar-refractivity contribution in [1.29, 1.82) is 0 Å². The van der Waals surface area contributed by atoms with Gasteiger partial charge in [0.1, 0.15) is 11.5 Å². The Labute approximate surface area is 163 Å². The van der Waals surface area contributed by atoms with Crippen molar-refractivity contribution in [3.05, 3.63) is 58.6 Å². The summed E-state index contributed by atoms with van der Waals surface area (Å²) in [6.07, 6.45) is 0. The van der Waals surface area contributed by atoms with E-state index in [0.717, 1.165) is 17.2 Å². The van der Waals surface area contributed by atoms with Crippen LogP contribution >= 0.6 is 11.3 Å². The van der Waals surface area contributed by atoms with Crippen molar-refractivity contribution in [3.63, 3.8) is 0 Å². The van der Waals surface area contributed by atoms with Crippen LogP contribution < -0.4 is 15.4 Å². The number of hydrogen-bond acceptors (Lipinski definition) is 5. The molecule has 142 valence electrons. The maximum Gasteiger partial charge on any atom is 0.214 e. The Morgan fingerprint density at radius 2 is 1.85 bits per heavy atom. The molecule has 3 rings (SSSR count). The zero-order chi connectivity index (χ0) is 19.2. The Balaban J connectivity index is 1.54. The van der Waals surface area contributed by atoms with Crippen molar-refractivity contribution in [3.8, 4) is 16.2 Å². The number of aliphatic imine (C=N–C) groups is 1. The third-order valence-corrected chi connectivity index (χ3v) is 5.30. The number of oxazole rings is 1. The van der Waals surface area contributed by atoms with Crippen LogP contribution in [-0.4, -0.2) is 25.1 Å². The number of nitrogens with zero attached hydrogens (tertiary/aromatic N) is 2. The fraction of sp³-hybridized carbons (Fsp3) is 0.300. The molecule has 7 heteroatoms. The van der Waals surface area contributed by atoms with Gasteiger partial charge in [-0.3, -0.25) is 4.99 Å². The summed E-state index contributed by atoms with van der Waals surface area (Å²) in [7, 11) is 3.42. The van der Waals surface area contributed by atoms with E-state index < -0.39 is 0 Å². The van der Waals surface area contributed by atoms with E-state index >= 15 is 0 Å². The highest BCUT2D eigenvalue weighted by Crippen LogP contribution is 2.29. The normalized spacial score (nSPS) is 11.5. The van der Waals surface area contributed by atoms with Gasteiger partial charge in [0.2, 0.25) is 5.89 Å². The number of hydrogen-bond donors (Lipinski definition) is 2. The number of rotatable bonds is 6.